The van der Waals surface area contributed by atoms with Crippen molar-refractivity contribution in [1.29, 1.82) is 0 Å². The fourth-order valence-corrected chi connectivity index (χ4v) is 2.68. The van der Waals surface area contributed by atoms with Crippen LogP contribution in [0.2, 0.25) is 0 Å². The first kappa shape index (κ1) is 17.2. The summed E-state index contributed by atoms with van der Waals surface area (Å²) in [5, 5.41) is 16.6. The summed E-state index contributed by atoms with van der Waals surface area (Å²) < 4.78 is 10.7. The van der Waals surface area contributed by atoms with Gasteiger partial charge in [0, 0.05) is 24.7 Å². The maximum Gasteiger partial charge on any atom is 0.222 e. The number of rotatable bonds is 7. The van der Waals surface area contributed by atoms with E-state index in [2.05, 4.69) is 20.6 Å². The van der Waals surface area contributed by atoms with Gasteiger partial charge in [-0.25, -0.2) is 4.98 Å². The molecule has 5 N–H and O–H groups in total. The standard InChI is InChI=1S/C17H23N5O3/c1-24-12-3-2-4-13(7-12)25-10-11(23)8-20-16-14-5-6-19-9-15(14)21-17(18)22-16/h2-4,7,11,19,23H,5-6,8-10H2,1H3,(H3,18,20,21,22). The predicted molar refractivity (Wildman–Crippen MR) is 94.8 cm³/mol. The van der Waals surface area contributed by atoms with Crippen LogP contribution in [0.15, 0.2) is 24.3 Å². The van der Waals surface area contributed by atoms with Gasteiger partial charge in [-0.2, -0.15) is 4.98 Å². The normalized spacial score (nSPS) is 14.5. The molecule has 0 radical (unpaired) electrons. The smallest absolute Gasteiger partial charge is 0.222 e. The van der Waals surface area contributed by atoms with Gasteiger partial charge in [-0.15, -0.1) is 0 Å². The van der Waals surface area contributed by atoms with Gasteiger partial charge in [-0.1, -0.05) is 6.07 Å². The molecule has 0 bridgehead atoms. The molecular weight excluding hydrogens is 322 g/mol. The Hall–Kier alpha value is -2.58. The molecule has 0 spiro atoms. The van der Waals surface area contributed by atoms with Crippen molar-refractivity contribution in [3.63, 3.8) is 0 Å². The van der Waals surface area contributed by atoms with Gasteiger partial charge in [0.2, 0.25) is 5.95 Å². The van der Waals surface area contributed by atoms with E-state index in [-0.39, 0.29) is 12.6 Å². The number of hydrogen-bond donors (Lipinski definition) is 4. The number of ether oxygens (including phenoxy) is 2. The summed E-state index contributed by atoms with van der Waals surface area (Å²) in [5.74, 6) is 2.27. The molecule has 0 amide bonds. The van der Waals surface area contributed by atoms with E-state index in [1.54, 1.807) is 13.2 Å². The fraction of sp³-hybridized carbons (Fsp3) is 0.412. The lowest BCUT2D eigenvalue weighted by atomic mass is 10.1. The van der Waals surface area contributed by atoms with Crippen molar-refractivity contribution in [1.82, 2.24) is 15.3 Å². The molecule has 1 aliphatic rings. The van der Waals surface area contributed by atoms with E-state index in [1.807, 2.05) is 18.2 Å². The minimum Gasteiger partial charge on any atom is -0.497 e. The Labute approximate surface area is 146 Å². The number of nitrogen functional groups attached to an aromatic ring is 1. The maximum atomic E-state index is 10.2. The molecule has 1 aromatic carbocycles. The number of aliphatic hydroxyl groups excluding tert-OH is 1. The molecule has 1 atom stereocenters. The van der Waals surface area contributed by atoms with Crippen LogP contribution >= 0.6 is 0 Å². The number of anilines is 2. The number of hydrogen-bond acceptors (Lipinski definition) is 8. The first-order valence-corrected chi connectivity index (χ1v) is 8.20. The van der Waals surface area contributed by atoms with E-state index in [0.29, 0.717) is 30.4 Å². The molecular formula is C17H23N5O3. The second-order valence-corrected chi connectivity index (χ2v) is 5.81. The van der Waals surface area contributed by atoms with Gasteiger partial charge < -0.3 is 30.9 Å². The highest BCUT2D eigenvalue weighted by atomic mass is 16.5. The van der Waals surface area contributed by atoms with E-state index in [9.17, 15) is 5.11 Å². The zero-order valence-corrected chi connectivity index (χ0v) is 14.2. The van der Waals surface area contributed by atoms with Gasteiger partial charge in [-0.05, 0) is 25.1 Å². The Morgan fingerprint density at radius 1 is 1.36 bits per heavy atom. The van der Waals surface area contributed by atoms with Crippen molar-refractivity contribution in [2.45, 2.75) is 19.1 Å². The Morgan fingerprint density at radius 3 is 3.04 bits per heavy atom. The summed E-state index contributed by atoms with van der Waals surface area (Å²) in [6.45, 7) is 2.01. The van der Waals surface area contributed by atoms with Crippen LogP contribution in [0.3, 0.4) is 0 Å². The lowest BCUT2D eigenvalue weighted by Crippen LogP contribution is -2.30. The molecule has 3 rings (SSSR count). The van der Waals surface area contributed by atoms with Crippen molar-refractivity contribution in [3.8, 4) is 11.5 Å². The summed E-state index contributed by atoms with van der Waals surface area (Å²) in [6, 6.07) is 7.26. The monoisotopic (exact) mass is 345 g/mol. The van der Waals surface area contributed by atoms with Crippen LogP contribution in [0, 0.1) is 0 Å². The van der Waals surface area contributed by atoms with E-state index in [1.165, 1.54) is 0 Å². The van der Waals surface area contributed by atoms with Gasteiger partial charge in [0.1, 0.15) is 30.0 Å². The lowest BCUT2D eigenvalue weighted by Gasteiger charge is -2.21. The molecule has 0 saturated heterocycles. The highest BCUT2D eigenvalue weighted by Gasteiger charge is 2.17. The zero-order valence-electron chi connectivity index (χ0n) is 14.2. The average molecular weight is 345 g/mol. The van der Waals surface area contributed by atoms with Gasteiger partial charge in [0.25, 0.3) is 0 Å². The minimum atomic E-state index is -0.695. The summed E-state index contributed by atoms with van der Waals surface area (Å²) in [6.07, 6.45) is 0.133. The molecule has 1 aromatic heterocycles. The van der Waals surface area contributed by atoms with Crippen molar-refractivity contribution in [2.24, 2.45) is 0 Å². The Kier molecular flexibility index (Phi) is 5.52. The second kappa shape index (κ2) is 8.00. The van der Waals surface area contributed by atoms with E-state index in [4.69, 9.17) is 15.2 Å². The van der Waals surface area contributed by atoms with Gasteiger partial charge in [0.15, 0.2) is 0 Å². The van der Waals surface area contributed by atoms with Gasteiger partial charge >= 0.3 is 0 Å². The predicted octanol–water partition coefficient (Wildman–Crippen LogP) is 0.565. The summed E-state index contributed by atoms with van der Waals surface area (Å²) >= 11 is 0. The van der Waals surface area contributed by atoms with Crippen LogP contribution in [0.4, 0.5) is 11.8 Å². The zero-order chi connectivity index (χ0) is 17.6. The quantitative estimate of drug-likeness (QED) is 0.576. The molecule has 25 heavy (non-hydrogen) atoms. The number of benzene rings is 1. The topological polar surface area (TPSA) is 115 Å². The molecule has 1 aliphatic heterocycles. The molecule has 8 nitrogen and oxygen atoms in total. The third-order valence-electron chi connectivity index (χ3n) is 3.94. The van der Waals surface area contributed by atoms with Crippen LogP contribution in [0.1, 0.15) is 11.3 Å². The molecule has 0 aliphatic carbocycles. The first-order chi connectivity index (χ1) is 12.2. The fourth-order valence-electron chi connectivity index (χ4n) is 2.68. The third kappa shape index (κ3) is 4.49. The maximum absolute atomic E-state index is 10.2. The van der Waals surface area contributed by atoms with Crippen molar-refractivity contribution in [3.05, 3.63) is 35.5 Å². The van der Waals surface area contributed by atoms with Crippen molar-refractivity contribution in [2.75, 3.05) is 37.9 Å². The summed E-state index contributed by atoms with van der Waals surface area (Å²) in [4.78, 5) is 8.52. The van der Waals surface area contributed by atoms with Crippen LogP contribution in [-0.2, 0) is 13.0 Å². The molecule has 2 aromatic rings. The largest absolute Gasteiger partial charge is 0.497 e. The lowest BCUT2D eigenvalue weighted by molar-refractivity contribution is 0.117. The molecule has 8 heteroatoms. The highest BCUT2D eigenvalue weighted by molar-refractivity contribution is 5.50. The second-order valence-electron chi connectivity index (χ2n) is 5.81. The Balaban J connectivity index is 1.55. The number of aliphatic hydroxyl groups is 1. The Morgan fingerprint density at radius 2 is 2.20 bits per heavy atom. The molecule has 0 saturated carbocycles. The van der Waals surface area contributed by atoms with E-state index >= 15 is 0 Å². The van der Waals surface area contributed by atoms with Crippen LogP contribution in [0.5, 0.6) is 11.5 Å². The number of methoxy groups -OCH3 is 1. The highest BCUT2D eigenvalue weighted by Crippen LogP contribution is 2.21. The number of nitrogens with zero attached hydrogens (tertiary/aromatic N) is 2. The number of nitrogens with one attached hydrogen (secondary N) is 2. The summed E-state index contributed by atoms with van der Waals surface area (Å²) in [5.41, 5.74) is 7.72. The SMILES string of the molecule is COc1cccc(OCC(O)CNc2nc(N)nc3c2CCNC3)c1. The van der Waals surface area contributed by atoms with Crippen molar-refractivity contribution < 1.29 is 14.6 Å². The molecule has 2 heterocycles. The van der Waals surface area contributed by atoms with Crippen LogP contribution in [-0.4, -0.2) is 48.0 Å². The van der Waals surface area contributed by atoms with Crippen molar-refractivity contribution >= 4 is 11.8 Å². The Bertz CT molecular complexity index is 725. The summed E-state index contributed by atoms with van der Waals surface area (Å²) in [7, 11) is 1.60. The van der Waals surface area contributed by atoms with Gasteiger partial charge in [-0.3, -0.25) is 0 Å². The van der Waals surface area contributed by atoms with Crippen LogP contribution in [0.25, 0.3) is 0 Å². The van der Waals surface area contributed by atoms with E-state index < -0.39 is 6.10 Å². The molecule has 0 fully saturated rings. The van der Waals surface area contributed by atoms with E-state index in [0.717, 1.165) is 24.2 Å². The number of aromatic nitrogens is 2. The number of nitrogens with two attached hydrogens (primary N) is 1. The average Bonchev–Trinajstić information content (AvgIpc) is 2.64. The molecule has 1 unspecified atom stereocenters. The van der Waals surface area contributed by atoms with Gasteiger partial charge in [0.05, 0.1) is 12.8 Å². The minimum absolute atomic E-state index is 0.157. The third-order valence-corrected chi connectivity index (χ3v) is 3.94. The molecule has 134 valence electrons. The van der Waals surface area contributed by atoms with Crippen LogP contribution < -0.4 is 25.8 Å². The first-order valence-electron chi connectivity index (χ1n) is 8.20. The number of fused-ring (bicyclic) bond motifs is 1.